The van der Waals surface area contributed by atoms with Gasteiger partial charge >= 0.3 is 0 Å². The number of furan rings is 1. The molecule has 90 valence electrons. The number of fused-ring (bicyclic) bond motifs is 1. The molecule has 1 aliphatic rings. The number of aliphatic hydroxyl groups is 1. The highest BCUT2D eigenvalue weighted by Gasteiger charge is 2.27. The quantitative estimate of drug-likeness (QED) is 0.862. The fraction of sp³-hybridized carbons (Fsp3) is 0.385. The third-order valence-electron chi connectivity index (χ3n) is 2.93. The number of hydrogen-bond acceptors (Lipinski definition) is 4. The molecule has 0 amide bonds. The van der Waals surface area contributed by atoms with Crippen LogP contribution in [0.4, 0.5) is 0 Å². The summed E-state index contributed by atoms with van der Waals surface area (Å²) in [7, 11) is 0. The van der Waals surface area contributed by atoms with Gasteiger partial charge in [0.2, 0.25) is 0 Å². The first-order chi connectivity index (χ1) is 8.34. The highest BCUT2D eigenvalue weighted by molar-refractivity contribution is 5.77. The van der Waals surface area contributed by atoms with Gasteiger partial charge in [-0.15, -0.1) is 0 Å². The van der Waals surface area contributed by atoms with Crippen LogP contribution in [-0.2, 0) is 9.47 Å². The molecule has 1 aromatic heterocycles. The lowest BCUT2D eigenvalue weighted by atomic mass is 10.1. The van der Waals surface area contributed by atoms with Gasteiger partial charge < -0.3 is 19.0 Å². The fourth-order valence-corrected chi connectivity index (χ4v) is 2.02. The van der Waals surface area contributed by atoms with Crippen molar-refractivity contribution in [2.24, 2.45) is 0 Å². The van der Waals surface area contributed by atoms with Crippen molar-refractivity contribution >= 4 is 11.0 Å². The molecule has 4 heteroatoms. The van der Waals surface area contributed by atoms with Gasteiger partial charge in [0, 0.05) is 5.39 Å². The van der Waals surface area contributed by atoms with Gasteiger partial charge in [0.05, 0.1) is 19.8 Å². The van der Waals surface area contributed by atoms with Gasteiger partial charge in [-0.05, 0) is 12.1 Å². The van der Waals surface area contributed by atoms with E-state index in [0.29, 0.717) is 25.6 Å². The Kier molecular flexibility index (Phi) is 2.84. The van der Waals surface area contributed by atoms with E-state index >= 15 is 0 Å². The zero-order valence-electron chi connectivity index (χ0n) is 9.33. The molecule has 1 aliphatic heterocycles. The molecule has 1 saturated heterocycles. The van der Waals surface area contributed by atoms with Crippen LogP contribution in [0.1, 0.15) is 11.9 Å². The lowest BCUT2D eigenvalue weighted by Gasteiger charge is -2.25. The number of hydrogen-bond donors (Lipinski definition) is 1. The Balaban J connectivity index is 1.86. The standard InChI is InChI=1S/C13H14O4/c14-13(12-8-15-5-6-16-12)11-7-9-3-1-2-4-10(9)17-11/h1-4,7,12-14H,5-6,8H2. The van der Waals surface area contributed by atoms with E-state index in [1.165, 1.54) is 0 Å². The first-order valence-electron chi connectivity index (χ1n) is 5.70. The van der Waals surface area contributed by atoms with Gasteiger partial charge in [0.25, 0.3) is 0 Å². The van der Waals surface area contributed by atoms with Crippen LogP contribution in [0.5, 0.6) is 0 Å². The largest absolute Gasteiger partial charge is 0.458 e. The molecule has 0 bridgehead atoms. The van der Waals surface area contributed by atoms with E-state index < -0.39 is 6.10 Å². The summed E-state index contributed by atoms with van der Waals surface area (Å²) in [6.45, 7) is 1.50. The second kappa shape index (κ2) is 4.49. The highest BCUT2D eigenvalue weighted by atomic mass is 16.6. The monoisotopic (exact) mass is 234 g/mol. The van der Waals surface area contributed by atoms with Gasteiger partial charge in [-0.25, -0.2) is 0 Å². The molecule has 4 nitrogen and oxygen atoms in total. The molecule has 2 aromatic rings. The SMILES string of the molecule is OC(c1cc2ccccc2o1)C1COCCO1. The minimum absolute atomic E-state index is 0.343. The highest BCUT2D eigenvalue weighted by Crippen LogP contribution is 2.27. The maximum atomic E-state index is 10.1. The number of aliphatic hydroxyl groups excluding tert-OH is 1. The van der Waals surface area contributed by atoms with Crippen LogP contribution in [0.25, 0.3) is 11.0 Å². The third kappa shape index (κ3) is 2.07. The zero-order valence-corrected chi connectivity index (χ0v) is 9.33. The Morgan fingerprint density at radius 2 is 2.12 bits per heavy atom. The summed E-state index contributed by atoms with van der Waals surface area (Å²) in [5, 5.41) is 11.1. The van der Waals surface area contributed by atoms with Crippen molar-refractivity contribution in [1.29, 1.82) is 0 Å². The van der Waals surface area contributed by atoms with Crippen molar-refractivity contribution in [3.05, 3.63) is 36.1 Å². The molecule has 0 spiro atoms. The fourth-order valence-electron chi connectivity index (χ4n) is 2.02. The second-order valence-corrected chi connectivity index (χ2v) is 4.12. The molecule has 1 N–H and O–H groups in total. The van der Waals surface area contributed by atoms with Crippen molar-refractivity contribution in [2.45, 2.75) is 12.2 Å². The molecule has 0 radical (unpaired) electrons. The van der Waals surface area contributed by atoms with Crippen LogP contribution in [0.3, 0.4) is 0 Å². The topological polar surface area (TPSA) is 51.8 Å². The van der Waals surface area contributed by atoms with Crippen LogP contribution in [0.2, 0.25) is 0 Å². The molecule has 0 saturated carbocycles. The van der Waals surface area contributed by atoms with Crippen molar-refractivity contribution < 1.29 is 19.0 Å². The first-order valence-corrected chi connectivity index (χ1v) is 5.70. The number of ether oxygens (including phenoxy) is 2. The molecule has 0 aliphatic carbocycles. The van der Waals surface area contributed by atoms with E-state index in [-0.39, 0.29) is 6.10 Å². The van der Waals surface area contributed by atoms with Crippen molar-refractivity contribution in [3.63, 3.8) is 0 Å². The predicted octanol–water partition coefficient (Wildman–Crippen LogP) is 1.88. The summed E-state index contributed by atoms with van der Waals surface area (Å²) in [5.41, 5.74) is 0.776. The molecule has 2 unspecified atom stereocenters. The second-order valence-electron chi connectivity index (χ2n) is 4.12. The molecule has 1 aromatic carbocycles. The Labute approximate surface area is 98.7 Å². The summed E-state index contributed by atoms with van der Waals surface area (Å²) < 4.78 is 16.3. The van der Waals surface area contributed by atoms with Gasteiger partial charge in [0.15, 0.2) is 0 Å². The van der Waals surface area contributed by atoms with Crippen molar-refractivity contribution in [3.8, 4) is 0 Å². The molecule has 3 rings (SSSR count). The molecule has 2 atom stereocenters. The molecule has 1 fully saturated rings. The number of para-hydroxylation sites is 1. The normalized spacial score (nSPS) is 22.8. The minimum atomic E-state index is -0.775. The molecule has 2 heterocycles. The lowest BCUT2D eigenvalue weighted by molar-refractivity contribution is -0.137. The smallest absolute Gasteiger partial charge is 0.140 e. The molecule has 17 heavy (non-hydrogen) atoms. The van der Waals surface area contributed by atoms with E-state index in [0.717, 1.165) is 11.0 Å². The van der Waals surface area contributed by atoms with E-state index in [1.54, 1.807) is 0 Å². The summed E-state index contributed by atoms with van der Waals surface area (Å²) in [6.07, 6.45) is -1.12. The summed E-state index contributed by atoms with van der Waals surface area (Å²) in [6, 6.07) is 9.52. The zero-order chi connectivity index (χ0) is 11.7. The molecular weight excluding hydrogens is 220 g/mol. The Hall–Kier alpha value is -1.36. The summed E-state index contributed by atoms with van der Waals surface area (Å²) in [5.74, 6) is 0.529. The van der Waals surface area contributed by atoms with Crippen molar-refractivity contribution in [1.82, 2.24) is 0 Å². The minimum Gasteiger partial charge on any atom is -0.458 e. The van der Waals surface area contributed by atoms with Crippen LogP contribution < -0.4 is 0 Å². The van der Waals surface area contributed by atoms with E-state index in [1.807, 2.05) is 30.3 Å². The van der Waals surface area contributed by atoms with Crippen LogP contribution in [0.15, 0.2) is 34.7 Å². The van der Waals surface area contributed by atoms with E-state index in [4.69, 9.17) is 13.9 Å². The van der Waals surface area contributed by atoms with Gasteiger partial charge in [-0.2, -0.15) is 0 Å². The Morgan fingerprint density at radius 1 is 1.24 bits per heavy atom. The summed E-state index contributed by atoms with van der Waals surface area (Å²) in [4.78, 5) is 0. The maximum absolute atomic E-state index is 10.1. The Bertz CT molecular complexity index is 466. The van der Waals surface area contributed by atoms with Crippen LogP contribution >= 0.6 is 0 Å². The summed E-state index contributed by atoms with van der Waals surface area (Å²) >= 11 is 0. The lowest BCUT2D eigenvalue weighted by Crippen LogP contribution is -2.33. The first kappa shape index (κ1) is 10.8. The van der Waals surface area contributed by atoms with Crippen molar-refractivity contribution in [2.75, 3.05) is 19.8 Å². The van der Waals surface area contributed by atoms with Crippen LogP contribution in [-0.4, -0.2) is 31.0 Å². The van der Waals surface area contributed by atoms with E-state index in [9.17, 15) is 5.11 Å². The van der Waals surface area contributed by atoms with Gasteiger partial charge in [0.1, 0.15) is 23.6 Å². The average molecular weight is 234 g/mol. The van der Waals surface area contributed by atoms with Crippen LogP contribution in [0, 0.1) is 0 Å². The third-order valence-corrected chi connectivity index (χ3v) is 2.93. The van der Waals surface area contributed by atoms with E-state index in [2.05, 4.69) is 0 Å². The maximum Gasteiger partial charge on any atom is 0.140 e. The Morgan fingerprint density at radius 3 is 2.88 bits per heavy atom. The molecular formula is C13H14O4. The average Bonchev–Trinajstić information content (AvgIpc) is 2.82. The number of rotatable bonds is 2. The van der Waals surface area contributed by atoms with Gasteiger partial charge in [-0.3, -0.25) is 0 Å². The van der Waals surface area contributed by atoms with Gasteiger partial charge in [-0.1, -0.05) is 18.2 Å². The predicted molar refractivity (Wildman–Crippen MR) is 61.7 cm³/mol. The number of benzene rings is 1.